The van der Waals surface area contributed by atoms with Crippen LogP contribution in [0.2, 0.25) is 0 Å². The largest absolute Gasteiger partial charge is 0.368 e. The van der Waals surface area contributed by atoms with Gasteiger partial charge in [-0.3, -0.25) is 23.7 Å². The Morgan fingerprint density at radius 1 is 1.38 bits per heavy atom. The average Bonchev–Trinajstić information content (AvgIpc) is 3.36. The standard InChI is InChI=1S/C17H21N7O5/c1-23-13(25)6-10(22-17(23)29)15(27)21-11(5-9-7-19-8-20-9)16(28)24-4-2-3-12(24)14(18)26/h6-8,11-12H,2-5H2,1H3,(H2,18,26)(H,19,20)(H,21,27)(H,22,29)/t11-,12+/m0/s1. The Bertz CT molecular complexity index is 1010. The topological polar surface area (TPSA) is 176 Å². The lowest BCUT2D eigenvalue weighted by Gasteiger charge is -2.27. The van der Waals surface area contributed by atoms with E-state index in [-0.39, 0.29) is 12.1 Å². The molecule has 0 saturated carbocycles. The van der Waals surface area contributed by atoms with Crippen LogP contribution in [-0.4, -0.2) is 60.8 Å². The predicted octanol–water partition coefficient (Wildman–Crippen LogP) is -2.39. The van der Waals surface area contributed by atoms with E-state index in [1.54, 1.807) is 0 Å². The summed E-state index contributed by atoms with van der Waals surface area (Å²) < 4.78 is 0.811. The molecular weight excluding hydrogens is 382 g/mol. The summed E-state index contributed by atoms with van der Waals surface area (Å²) in [5.74, 6) is -1.90. The number of nitrogens with two attached hydrogens (primary N) is 1. The van der Waals surface area contributed by atoms with Crippen LogP contribution in [0.1, 0.15) is 29.0 Å². The van der Waals surface area contributed by atoms with Crippen molar-refractivity contribution in [3.63, 3.8) is 0 Å². The molecule has 5 N–H and O–H groups in total. The van der Waals surface area contributed by atoms with E-state index in [0.29, 0.717) is 25.1 Å². The number of hydrogen-bond acceptors (Lipinski definition) is 6. The van der Waals surface area contributed by atoms with E-state index in [4.69, 9.17) is 5.73 Å². The third kappa shape index (κ3) is 4.25. The quantitative estimate of drug-likeness (QED) is 0.418. The fraction of sp³-hybridized carbons (Fsp3) is 0.412. The Balaban J connectivity index is 1.86. The average molecular weight is 403 g/mol. The molecule has 12 nitrogen and oxygen atoms in total. The Morgan fingerprint density at radius 3 is 2.76 bits per heavy atom. The summed E-state index contributed by atoms with van der Waals surface area (Å²) in [5, 5.41) is 2.53. The first-order valence-corrected chi connectivity index (χ1v) is 8.96. The molecule has 0 bridgehead atoms. The SMILES string of the molecule is Cn1c(=O)cc(C(=O)N[C@@H](Cc2cnc[nH]2)C(=O)N2CCC[C@@H]2C(N)=O)[nH]c1=O. The molecule has 154 valence electrons. The van der Waals surface area contributed by atoms with Crippen molar-refractivity contribution in [1.82, 2.24) is 29.7 Å². The number of imidazole rings is 1. The molecule has 1 saturated heterocycles. The molecule has 0 radical (unpaired) electrons. The highest BCUT2D eigenvalue weighted by atomic mass is 16.2. The van der Waals surface area contributed by atoms with Gasteiger partial charge in [0, 0.05) is 38.0 Å². The fourth-order valence-corrected chi connectivity index (χ4v) is 3.26. The van der Waals surface area contributed by atoms with Crippen molar-refractivity contribution in [1.29, 1.82) is 0 Å². The number of carbonyl (C=O) groups excluding carboxylic acids is 3. The molecule has 3 heterocycles. The Morgan fingerprint density at radius 2 is 2.14 bits per heavy atom. The number of amides is 3. The van der Waals surface area contributed by atoms with Gasteiger partial charge in [0.25, 0.3) is 11.5 Å². The van der Waals surface area contributed by atoms with Crippen molar-refractivity contribution in [2.24, 2.45) is 12.8 Å². The maximum atomic E-state index is 13.1. The van der Waals surface area contributed by atoms with Crippen LogP contribution in [0.5, 0.6) is 0 Å². The van der Waals surface area contributed by atoms with Gasteiger partial charge in [-0.15, -0.1) is 0 Å². The summed E-state index contributed by atoms with van der Waals surface area (Å²) in [6.45, 7) is 0.338. The van der Waals surface area contributed by atoms with Crippen LogP contribution < -0.4 is 22.3 Å². The van der Waals surface area contributed by atoms with Crippen molar-refractivity contribution in [2.75, 3.05) is 6.54 Å². The minimum absolute atomic E-state index is 0.0711. The number of aromatic amines is 2. The number of H-pyrrole nitrogens is 2. The number of primary amides is 1. The Hall–Kier alpha value is -3.70. The molecular formula is C17H21N7O5. The highest BCUT2D eigenvalue weighted by Gasteiger charge is 2.37. The minimum atomic E-state index is -1.06. The van der Waals surface area contributed by atoms with Gasteiger partial charge < -0.3 is 25.9 Å². The van der Waals surface area contributed by atoms with Crippen LogP contribution in [0.4, 0.5) is 0 Å². The van der Waals surface area contributed by atoms with E-state index in [1.165, 1.54) is 24.5 Å². The van der Waals surface area contributed by atoms with Gasteiger partial charge >= 0.3 is 5.69 Å². The van der Waals surface area contributed by atoms with Gasteiger partial charge in [0.1, 0.15) is 17.8 Å². The smallest absolute Gasteiger partial charge is 0.328 e. The zero-order valence-electron chi connectivity index (χ0n) is 15.7. The number of aromatic nitrogens is 4. The third-order valence-electron chi connectivity index (χ3n) is 4.84. The van der Waals surface area contributed by atoms with Gasteiger partial charge in [-0.05, 0) is 12.8 Å². The van der Waals surface area contributed by atoms with Crippen LogP contribution in [0.25, 0.3) is 0 Å². The van der Waals surface area contributed by atoms with E-state index in [0.717, 1.165) is 10.6 Å². The van der Waals surface area contributed by atoms with E-state index in [9.17, 15) is 24.0 Å². The second-order valence-electron chi connectivity index (χ2n) is 6.78. The summed E-state index contributed by atoms with van der Waals surface area (Å²) in [6, 6.07) is -0.834. The lowest BCUT2D eigenvalue weighted by Crippen LogP contribution is -2.54. The van der Waals surface area contributed by atoms with Crippen molar-refractivity contribution in [2.45, 2.75) is 31.3 Å². The predicted molar refractivity (Wildman–Crippen MR) is 99.8 cm³/mol. The van der Waals surface area contributed by atoms with Crippen LogP contribution in [0, 0.1) is 0 Å². The maximum Gasteiger partial charge on any atom is 0.328 e. The molecule has 2 atom stereocenters. The van der Waals surface area contributed by atoms with E-state index < -0.39 is 41.1 Å². The van der Waals surface area contributed by atoms with Crippen molar-refractivity contribution in [3.05, 3.63) is 50.8 Å². The van der Waals surface area contributed by atoms with Gasteiger partial charge in [0.15, 0.2) is 0 Å². The van der Waals surface area contributed by atoms with Crippen molar-refractivity contribution >= 4 is 17.7 Å². The third-order valence-corrected chi connectivity index (χ3v) is 4.84. The number of nitrogens with zero attached hydrogens (tertiary/aromatic N) is 3. The number of likely N-dealkylation sites (tertiary alicyclic amines) is 1. The molecule has 1 aliphatic heterocycles. The maximum absolute atomic E-state index is 13.1. The summed E-state index contributed by atoms with van der Waals surface area (Å²) in [4.78, 5) is 71.3. The Labute approximate surface area is 164 Å². The van der Waals surface area contributed by atoms with Crippen LogP contribution in [0.15, 0.2) is 28.2 Å². The zero-order valence-corrected chi connectivity index (χ0v) is 15.7. The molecule has 2 aromatic heterocycles. The fourth-order valence-electron chi connectivity index (χ4n) is 3.26. The van der Waals surface area contributed by atoms with Gasteiger partial charge in [-0.25, -0.2) is 9.78 Å². The highest BCUT2D eigenvalue weighted by molar-refractivity contribution is 5.97. The molecule has 0 aromatic carbocycles. The second kappa shape index (κ2) is 8.12. The second-order valence-corrected chi connectivity index (χ2v) is 6.78. The van der Waals surface area contributed by atoms with Gasteiger partial charge in [-0.1, -0.05) is 0 Å². The van der Waals surface area contributed by atoms with E-state index >= 15 is 0 Å². The van der Waals surface area contributed by atoms with Gasteiger partial charge in [-0.2, -0.15) is 0 Å². The van der Waals surface area contributed by atoms with E-state index in [2.05, 4.69) is 20.3 Å². The number of nitrogens with one attached hydrogen (secondary N) is 3. The molecule has 0 unspecified atom stereocenters. The van der Waals surface area contributed by atoms with Crippen molar-refractivity contribution < 1.29 is 14.4 Å². The van der Waals surface area contributed by atoms with Gasteiger partial charge in [0.2, 0.25) is 11.8 Å². The van der Waals surface area contributed by atoms with E-state index in [1.807, 2.05) is 0 Å². The molecule has 1 aliphatic rings. The first-order chi connectivity index (χ1) is 13.8. The van der Waals surface area contributed by atoms with Crippen LogP contribution >= 0.6 is 0 Å². The molecule has 0 spiro atoms. The summed E-state index contributed by atoms with van der Waals surface area (Å²) in [6.07, 6.45) is 4.07. The molecule has 3 rings (SSSR count). The molecule has 1 fully saturated rings. The van der Waals surface area contributed by atoms with Crippen LogP contribution in [-0.2, 0) is 23.1 Å². The van der Waals surface area contributed by atoms with Crippen LogP contribution in [0.3, 0.4) is 0 Å². The minimum Gasteiger partial charge on any atom is -0.368 e. The molecule has 0 aliphatic carbocycles. The summed E-state index contributed by atoms with van der Waals surface area (Å²) in [5.41, 5.74) is 4.28. The molecule has 29 heavy (non-hydrogen) atoms. The van der Waals surface area contributed by atoms with Crippen molar-refractivity contribution in [3.8, 4) is 0 Å². The number of hydrogen-bond donors (Lipinski definition) is 4. The lowest BCUT2D eigenvalue weighted by molar-refractivity contribution is -0.138. The highest BCUT2D eigenvalue weighted by Crippen LogP contribution is 2.19. The molecule has 12 heteroatoms. The Kier molecular flexibility index (Phi) is 5.61. The first-order valence-electron chi connectivity index (χ1n) is 8.96. The zero-order chi connectivity index (χ0) is 21.1. The lowest BCUT2D eigenvalue weighted by atomic mass is 10.1. The number of carbonyl (C=O) groups is 3. The number of rotatable bonds is 6. The molecule has 2 aromatic rings. The molecule has 3 amide bonds. The monoisotopic (exact) mass is 403 g/mol. The first kappa shape index (κ1) is 20.0. The summed E-state index contributed by atoms with van der Waals surface area (Å²) >= 11 is 0. The van der Waals surface area contributed by atoms with Gasteiger partial charge in [0.05, 0.1) is 6.33 Å². The summed E-state index contributed by atoms with van der Waals surface area (Å²) in [7, 11) is 1.27. The normalized spacial score (nSPS) is 17.1.